The molecule has 9 nitrogen and oxygen atoms in total. The van der Waals surface area contributed by atoms with E-state index in [1.54, 1.807) is 23.8 Å². The Kier molecular flexibility index (Phi) is 13.5. The molecule has 2 N–H and O–H groups in total. The summed E-state index contributed by atoms with van der Waals surface area (Å²) >= 11 is 0. The molecule has 2 rings (SSSR count). The number of hydrogen-bond acceptors (Lipinski definition) is 5. The van der Waals surface area contributed by atoms with Crippen LogP contribution in [0.25, 0.3) is 0 Å². The average molecular weight is 618 g/mol. The molecule has 0 spiro atoms. The molecular weight excluding hydrogens is 554 g/mol. The van der Waals surface area contributed by atoms with E-state index < -0.39 is 17.5 Å². The minimum atomic E-state index is -0.721. The SMILES string of the molecule is C/C(=C\[C@H](C(C)C)N(C)C(=O)C(NC(=O)C1CCCCN1C(C)C)C(C)(C)C)C(=O)N1CCCC1C(=O)NCCC(C)(C)C. The normalized spacial score (nSPS) is 21.8. The van der Waals surface area contributed by atoms with Gasteiger partial charge >= 0.3 is 0 Å². The molecule has 0 saturated carbocycles. The Morgan fingerprint density at radius 1 is 0.886 bits per heavy atom. The summed E-state index contributed by atoms with van der Waals surface area (Å²) in [5.74, 6) is -0.517. The second-order valence-corrected chi connectivity index (χ2v) is 15.9. The first-order valence-corrected chi connectivity index (χ1v) is 16.9. The van der Waals surface area contributed by atoms with Gasteiger partial charge in [-0.05, 0) is 76.2 Å². The molecule has 44 heavy (non-hydrogen) atoms. The van der Waals surface area contributed by atoms with E-state index >= 15 is 0 Å². The lowest BCUT2D eigenvalue weighted by Crippen LogP contribution is -2.60. The summed E-state index contributed by atoms with van der Waals surface area (Å²) in [5.41, 5.74) is 0.118. The summed E-state index contributed by atoms with van der Waals surface area (Å²) in [6.07, 6.45) is 7.02. The number of carbonyl (C=O) groups excluding carboxylic acids is 4. The van der Waals surface area contributed by atoms with Crippen LogP contribution in [0.5, 0.6) is 0 Å². The summed E-state index contributed by atoms with van der Waals surface area (Å²) in [7, 11) is 1.76. The third kappa shape index (κ3) is 10.3. The van der Waals surface area contributed by atoms with E-state index in [2.05, 4.69) is 50.2 Å². The molecule has 0 aromatic rings. The molecular formula is C35H63N5O4. The lowest BCUT2D eigenvalue weighted by molar-refractivity contribution is -0.142. The van der Waals surface area contributed by atoms with Crippen LogP contribution in [0, 0.1) is 16.7 Å². The van der Waals surface area contributed by atoms with Gasteiger partial charge in [-0.1, -0.05) is 67.9 Å². The van der Waals surface area contributed by atoms with Crippen molar-refractivity contribution in [3.63, 3.8) is 0 Å². The summed E-state index contributed by atoms with van der Waals surface area (Å²) < 4.78 is 0. The fraction of sp³-hybridized carbons (Fsp3) is 0.829. The van der Waals surface area contributed by atoms with Crippen LogP contribution < -0.4 is 10.6 Å². The van der Waals surface area contributed by atoms with E-state index in [4.69, 9.17) is 0 Å². The van der Waals surface area contributed by atoms with Crippen LogP contribution in [0.15, 0.2) is 11.6 Å². The molecule has 2 saturated heterocycles. The highest BCUT2D eigenvalue weighted by Crippen LogP contribution is 2.27. The van der Waals surface area contributed by atoms with E-state index in [1.165, 1.54) is 0 Å². The number of nitrogens with one attached hydrogen (secondary N) is 2. The maximum atomic E-state index is 14.1. The van der Waals surface area contributed by atoms with E-state index in [1.807, 2.05) is 40.7 Å². The summed E-state index contributed by atoms with van der Waals surface area (Å²) in [5, 5.41) is 6.17. The Bertz CT molecular complexity index is 1040. The first-order valence-electron chi connectivity index (χ1n) is 16.9. The van der Waals surface area contributed by atoms with Crippen LogP contribution in [0.2, 0.25) is 0 Å². The van der Waals surface area contributed by atoms with Crippen molar-refractivity contribution in [3.05, 3.63) is 11.6 Å². The molecule has 9 heteroatoms. The monoisotopic (exact) mass is 617 g/mol. The van der Waals surface area contributed by atoms with E-state index in [0.29, 0.717) is 25.1 Å². The second-order valence-electron chi connectivity index (χ2n) is 15.9. The zero-order chi connectivity index (χ0) is 33.6. The van der Waals surface area contributed by atoms with Crippen LogP contribution in [-0.4, -0.2) is 95.2 Å². The number of likely N-dealkylation sites (N-methyl/N-ethyl adjacent to an activating group) is 1. The van der Waals surface area contributed by atoms with Crippen LogP contribution in [0.4, 0.5) is 0 Å². The molecule has 2 aliphatic rings. The number of carbonyl (C=O) groups is 4. The number of likely N-dealkylation sites (tertiary alicyclic amines) is 2. The van der Waals surface area contributed by atoms with Gasteiger partial charge in [-0.25, -0.2) is 0 Å². The molecule has 252 valence electrons. The average Bonchev–Trinajstić information content (AvgIpc) is 3.41. The highest BCUT2D eigenvalue weighted by Gasteiger charge is 2.40. The minimum absolute atomic E-state index is 0.0212. The largest absolute Gasteiger partial charge is 0.354 e. The molecule has 0 bridgehead atoms. The van der Waals surface area contributed by atoms with Crippen molar-refractivity contribution in [1.82, 2.24) is 25.3 Å². The van der Waals surface area contributed by atoms with Gasteiger partial charge < -0.3 is 20.4 Å². The van der Waals surface area contributed by atoms with Crippen molar-refractivity contribution in [3.8, 4) is 0 Å². The fourth-order valence-corrected chi connectivity index (χ4v) is 6.36. The third-order valence-electron chi connectivity index (χ3n) is 9.14. The molecule has 4 atom stereocenters. The molecule has 2 aliphatic heterocycles. The van der Waals surface area contributed by atoms with Gasteiger partial charge in [-0.15, -0.1) is 0 Å². The predicted molar refractivity (Wildman–Crippen MR) is 178 cm³/mol. The summed E-state index contributed by atoms with van der Waals surface area (Å²) in [4.78, 5) is 60.0. The second kappa shape index (κ2) is 15.7. The number of hydrogen-bond donors (Lipinski definition) is 2. The number of piperidine rings is 1. The van der Waals surface area contributed by atoms with Crippen molar-refractivity contribution in [2.24, 2.45) is 16.7 Å². The van der Waals surface area contributed by atoms with E-state index in [9.17, 15) is 19.2 Å². The van der Waals surface area contributed by atoms with Crippen LogP contribution in [-0.2, 0) is 19.2 Å². The fourth-order valence-electron chi connectivity index (χ4n) is 6.36. The molecule has 0 aliphatic carbocycles. The smallest absolute Gasteiger partial charge is 0.249 e. The topological polar surface area (TPSA) is 102 Å². The van der Waals surface area contributed by atoms with Crippen molar-refractivity contribution in [1.29, 1.82) is 0 Å². The van der Waals surface area contributed by atoms with Crippen molar-refractivity contribution >= 4 is 23.6 Å². The highest BCUT2D eigenvalue weighted by atomic mass is 16.2. The molecule has 3 unspecified atom stereocenters. The van der Waals surface area contributed by atoms with E-state index in [-0.39, 0.29) is 53.1 Å². The van der Waals surface area contributed by atoms with Crippen LogP contribution in [0.3, 0.4) is 0 Å². The lowest BCUT2D eigenvalue weighted by Gasteiger charge is -2.41. The summed E-state index contributed by atoms with van der Waals surface area (Å²) in [6.45, 7) is 24.4. The Morgan fingerprint density at radius 2 is 1.50 bits per heavy atom. The highest BCUT2D eigenvalue weighted by molar-refractivity contribution is 5.97. The standard InChI is InChI=1S/C35H63N5O4/c1-23(2)28(22-25(5)32(43)40-21-15-17-26(40)30(41)36-19-18-34(6,7)8)38(12)33(44)29(35(9,10)11)37-31(42)27-16-13-14-20-39(27)24(3)4/h22-24,26-29H,13-21H2,1-12H3,(H,36,41)(H,37,42)/b25-22+/t26?,27?,28-,29?/m1/s1. The third-order valence-corrected chi connectivity index (χ3v) is 9.14. The molecule has 4 amide bonds. The van der Waals surface area contributed by atoms with Crippen molar-refractivity contribution < 1.29 is 19.2 Å². The van der Waals surface area contributed by atoms with Crippen molar-refractivity contribution in [2.45, 2.75) is 145 Å². The number of amides is 4. The van der Waals surface area contributed by atoms with Gasteiger partial charge in [0.1, 0.15) is 12.1 Å². The van der Waals surface area contributed by atoms with Crippen LogP contribution in [0.1, 0.15) is 115 Å². The first kappa shape index (κ1) is 37.8. The van der Waals surface area contributed by atoms with Gasteiger partial charge in [0, 0.05) is 31.8 Å². The Morgan fingerprint density at radius 3 is 2.05 bits per heavy atom. The number of rotatable bonds is 11. The summed E-state index contributed by atoms with van der Waals surface area (Å²) in [6, 6.07) is -1.56. The maximum Gasteiger partial charge on any atom is 0.249 e. The Hall–Kier alpha value is -2.42. The molecule has 2 fully saturated rings. The molecule has 0 radical (unpaired) electrons. The zero-order valence-corrected chi connectivity index (χ0v) is 29.9. The quantitative estimate of drug-likeness (QED) is 0.326. The van der Waals surface area contributed by atoms with Gasteiger partial charge in [0.15, 0.2) is 0 Å². The zero-order valence-electron chi connectivity index (χ0n) is 29.9. The predicted octanol–water partition coefficient (Wildman–Crippen LogP) is 4.75. The first-order chi connectivity index (χ1) is 20.3. The Balaban J connectivity index is 2.22. The van der Waals surface area contributed by atoms with Gasteiger partial charge in [-0.2, -0.15) is 0 Å². The molecule has 0 aromatic carbocycles. The lowest BCUT2D eigenvalue weighted by atomic mass is 9.84. The Labute approximate surface area is 267 Å². The number of nitrogens with zero attached hydrogens (tertiary/aromatic N) is 3. The molecule has 2 heterocycles. The maximum absolute atomic E-state index is 14.1. The van der Waals surface area contributed by atoms with Gasteiger partial charge in [0.05, 0.1) is 12.1 Å². The van der Waals surface area contributed by atoms with Crippen LogP contribution >= 0.6 is 0 Å². The van der Waals surface area contributed by atoms with Gasteiger partial charge in [-0.3, -0.25) is 24.1 Å². The van der Waals surface area contributed by atoms with E-state index in [0.717, 1.165) is 38.6 Å². The van der Waals surface area contributed by atoms with Gasteiger partial charge in [0.2, 0.25) is 23.6 Å². The minimum Gasteiger partial charge on any atom is -0.354 e. The van der Waals surface area contributed by atoms with Crippen molar-refractivity contribution in [2.75, 3.05) is 26.7 Å². The van der Waals surface area contributed by atoms with Gasteiger partial charge in [0.25, 0.3) is 0 Å². The molecule has 0 aromatic heterocycles.